The maximum atomic E-state index is 12.1. The molecule has 0 spiro atoms. The summed E-state index contributed by atoms with van der Waals surface area (Å²) < 4.78 is 24.3. The van der Waals surface area contributed by atoms with Gasteiger partial charge in [0.15, 0.2) is 9.84 Å². The van der Waals surface area contributed by atoms with Gasteiger partial charge in [0.1, 0.15) is 11.2 Å². The summed E-state index contributed by atoms with van der Waals surface area (Å²) in [6, 6.07) is 0. The van der Waals surface area contributed by atoms with E-state index in [1.54, 1.807) is 31.1 Å². The fraction of sp³-hybridized carbons (Fsp3) is 0.636. The Labute approximate surface area is 117 Å². The molecule has 2 heterocycles. The number of nitrogens with zero attached hydrogens (tertiary/aromatic N) is 3. The van der Waals surface area contributed by atoms with Crippen molar-refractivity contribution in [3.8, 4) is 0 Å². The van der Waals surface area contributed by atoms with Crippen molar-refractivity contribution in [2.75, 3.05) is 28.7 Å². The van der Waals surface area contributed by atoms with Gasteiger partial charge in [-0.1, -0.05) is 6.92 Å². The molecule has 19 heavy (non-hydrogen) atoms. The number of nitrogens with two attached hydrogens (primary N) is 1. The highest BCUT2D eigenvalue weighted by Gasteiger charge is 2.33. The van der Waals surface area contributed by atoms with Crippen molar-refractivity contribution in [3.05, 3.63) is 18.1 Å². The summed E-state index contributed by atoms with van der Waals surface area (Å²) in [6.45, 7) is 2.68. The van der Waals surface area contributed by atoms with Gasteiger partial charge in [0.25, 0.3) is 0 Å². The van der Waals surface area contributed by atoms with Crippen molar-refractivity contribution < 1.29 is 8.42 Å². The fourth-order valence-corrected chi connectivity index (χ4v) is 4.91. The first-order valence-corrected chi connectivity index (χ1v) is 9.02. The Hall–Kier alpha value is -0.860. The number of anilines is 1. The number of aromatic nitrogens is 2. The first kappa shape index (κ1) is 14.5. The summed E-state index contributed by atoms with van der Waals surface area (Å²) in [5.74, 6) is 2.23. The summed E-state index contributed by atoms with van der Waals surface area (Å²) in [7, 11) is -3.12. The topological polar surface area (TPSA) is 89.2 Å². The van der Waals surface area contributed by atoms with Gasteiger partial charge >= 0.3 is 0 Å². The number of thioether (sulfide) groups is 1. The van der Waals surface area contributed by atoms with Crippen LogP contribution < -0.4 is 10.6 Å². The molecule has 1 atom stereocenters. The molecule has 1 aromatic heterocycles. The van der Waals surface area contributed by atoms with Crippen LogP contribution >= 0.6 is 11.8 Å². The molecule has 1 aromatic rings. The van der Waals surface area contributed by atoms with Crippen molar-refractivity contribution in [2.24, 2.45) is 5.73 Å². The Morgan fingerprint density at radius 2 is 2.26 bits per heavy atom. The number of hydrogen-bond donors (Lipinski definition) is 1. The van der Waals surface area contributed by atoms with E-state index in [9.17, 15) is 8.42 Å². The normalized spacial score (nSPS) is 20.5. The van der Waals surface area contributed by atoms with Gasteiger partial charge in [0.05, 0.1) is 18.1 Å². The quantitative estimate of drug-likeness (QED) is 0.852. The maximum absolute atomic E-state index is 12.1. The van der Waals surface area contributed by atoms with E-state index >= 15 is 0 Å². The summed E-state index contributed by atoms with van der Waals surface area (Å²) in [5, 5.41) is -0.505. The Morgan fingerprint density at radius 3 is 2.84 bits per heavy atom. The van der Waals surface area contributed by atoms with Crippen LogP contribution in [0.2, 0.25) is 0 Å². The van der Waals surface area contributed by atoms with Crippen LogP contribution in [0.5, 0.6) is 0 Å². The molecule has 1 fully saturated rings. The van der Waals surface area contributed by atoms with Crippen molar-refractivity contribution in [1.82, 2.24) is 9.97 Å². The maximum Gasteiger partial charge on any atom is 0.171 e. The van der Waals surface area contributed by atoms with E-state index in [-0.39, 0.29) is 5.75 Å². The molecule has 0 bridgehead atoms. The van der Waals surface area contributed by atoms with Gasteiger partial charge in [0.2, 0.25) is 0 Å². The highest BCUT2D eigenvalue weighted by Crippen LogP contribution is 2.25. The third-order valence-electron chi connectivity index (χ3n) is 3.10. The lowest BCUT2D eigenvalue weighted by Crippen LogP contribution is -2.48. The van der Waals surface area contributed by atoms with Gasteiger partial charge in [-0.25, -0.2) is 13.4 Å². The third-order valence-corrected chi connectivity index (χ3v) is 6.39. The lowest BCUT2D eigenvalue weighted by atomic mass is 10.4. The lowest BCUT2D eigenvalue weighted by Gasteiger charge is -2.35. The molecule has 0 saturated carbocycles. The van der Waals surface area contributed by atoms with Crippen molar-refractivity contribution in [2.45, 2.75) is 18.8 Å². The van der Waals surface area contributed by atoms with Crippen LogP contribution in [-0.4, -0.2) is 47.6 Å². The molecule has 106 valence electrons. The minimum absolute atomic E-state index is 0.142. The minimum Gasteiger partial charge on any atom is -0.337 e. The fourth-order valence-electron chi connectivity index (χ4n) is 1.93. The van der Waals surface area contributed by atoms with Crippen LogP contribution in [-0.2, 0) is 16.4 Å². The molecule has 1 unspecified atom stereocenters. The van der Waals surface area contributed by atoms with Crippen molar-refractivity contribution >= 4 is 27.4 Å². The molecule has 0 aliphatic carbocycles. The second kappa shape index (κ2) is 6.06. The smallest absolute Gasteiger partial charge is 0.171 e. The molecule has 0 radical (unpaired) electrons. The highest BCUT2D eigenvalue weighted by molar-refractivity contribution is 8.01. The predicted molar refractivity (Wildman–Crippen MR) is 77.8 cm³/mol. The van der Waals surface area contributed by atoms with E-state index in [2.05, 4.69) is 9.97 Å². The van der Waals surface area contributed by atoms with E-state index in [0.29, 0.717) is 30.4 Å². The SMILES string of the molecule is CCS(=O)(=O)C1CSCCN1c1cnc(CN)cn1. The molecule has 2 N–H and O–H groups in total. The van der Waals surface area contributed by atoms with Gasteiger partial charge in [-0.15, -0.1) is 0 Å². The average Bonchev–Trinajstić information content (AvgIpc) is 2.47. The molecule has 0 amide bonds. The zero-order valence-corrected chi connectivity index (χ0v) is 12.5. The van der Waals surface area contributed by atoms with Gasteiger partial charge < -0.3 is 10.6 Å². The number of sulfone groups is 1. The van der Waals surface area contributed by atoms with Gasteiger partial charge in [-0.3, -0.25) is 4.98 Å². The molecule has 1 aliphatic heterocycles. The van der Waals surface area contributed by atoms with E-state index < -0.39 is 15.2 Å². The first-order valence-electron chi connectivity index (χ1n) is 6.15. The Balaban J connectivity index is 2.28. The van der Waals surface area contributed by atoms with Crippen LogP contribution in [0, 0.1) is 0 Å². The van der Waals surface area contributed by atoms with Crippen molar-refractivity contribution in [3.63, 3.8) is 0 Å². The molecule has 8 heteroatoms. The molecule has 6 nitrogen and oxygen atoms in total. The summed E-state index contributed by atoms with van der Waals surface area (Å²) in [5.41, 5.74) is 6.18. The second-order valence-electron chi connectivity index (χ2n) is 4.24. The summed E-state index contributed by atoms with van der Waals surface area (Å²) >= 11 is 1.66. The average molecular weight is 302 g/mol. The largest absolute Gasteiger partial charge is 0.337 e. The van der Waals surface area contributed by atoms with Crippen LogP contribution in [0.15, 0.2) is 12.4 Å². The van der Waals surface area contributed by atoms with E-state index in [0.717, 1.165) is 5.75 Å². The van der Waals surface area contributed by atoms with E-state index in [4.69, 9.17) is 5.73 Å². The molecular weight excluding hydrogens is 284 g/mol. The number of hydrogen-bond acceptors (Lipinski definition) is 7. The zero-order valence-electron chi connectivity index (χ0n) is 10.8. The molecule has 1 aliphatic rings. The standard InChI is InChI=1S/C11H18N4O2S2/c1-2-19(16,17)11-8-18-4-3-15(11)10-7-13-9(5-12)6-14-10/h6-7,11H,2-5,8,12H2,1H3. The van der Waals surface area contributed by atoms with Crippen LogP contribution in [0.4, 0.5) is 5.82 Å². The molecule has 1 saturated heterocycles. The van der Waals surface area contributed by atoms with Crippen LogP contribution in [0.25, 0.3) is 0 Å². The minimum atomic E-state index is -3.12. The molecule has 2 rings (SSSR count). The predicted octanol–water partition coefficient (Wildman–Crippen LogP) is 0.249. The van der Waals surface area contributed by atoms with Crippen LogP contribution in [0.1, 0.15) is 12.6 Å². The van der Waals surface area contributed by atoms with Crippen LogP contribution in [0.3, 0.4) is 0 Å². The Bertz CT molecular complexity index is 518. The first-order chi connectivity index (χ1) is 9.08. The van der Waals surface area contributed by atoms with Gasteiger partial charge in [0, 0.05) is 30.3 Å². The Morgan fingerprint density at radius 1 is 1.47 bits per heavy atom. The molecule has 0 aromatic carbocycles. The van der Waals surface area contributed by atoms with E-state index in [1.807, 2.05) is 4.90 Å². The van der Waals surface area contributed by atoms with Gasteiger partial charge in [-0.2, -0.15) is 11.8 Å². The van der Waals surface area contributed by atoms with Gasteiger partial charge in [-0.05, 0) is 0 Å². The lowest BCUT2D eigenvalue weighted by molar-refractivity contribution is 0.578. The zero-order chi connectivity index (χ0) is 13.9. The highest BCUT2D eigenvalue weighted by atomic mass is 32.2. The summed E-state index contributed by atoms with van der Waals surface area (Å²) in [4.78, 5) is 10.3. The van der Waals surface area contributed by atoms with E-state index in [1.165, 1.54) is 0 Å². The Kier molecular flexibility index (Phi) is 4.64. The number of rotatable bonds is 4. The molecular formula is C11H18N4O2S2. The monoisotopic (exact) mass is 302 g/mol. The third kappa shape index (κ3) is 3.18. The summed E-state index contributed by atoms with van der Waals surface area (Å²) in [6.07, 6.45) is 3.21. The second-order valence-corrected chi connectivity index (χ2v) is 7.84. The van der Waals surface area contributed by atoms with Crippen molar-refractivity contribution in [1.29, 1.82) is 0 Å².